The minimum absolute atomic E-state index is 0.268. The molecule has 1 aromatic carbocycles. The second kappa shape index (κ2) is 5.49. The van der Waals surface area contributed by atoms with Gasteiger partial charge in [-0.25, -0.2) is 8.78 Å². The third-order valence-corrected chi connectivity index (χ3v) is 3.77. The molecule has 2 nitrogen and oxygen atoms in total. The number of halogens is 2. The van der Waals surface area contributed by atoms with Crippen LogP contribution in [-0.4, -0.2) is 17.5 Å². The van der Waals surface area contributed by atoms with Gasteiger partial charge in [-0.2, -0.15) is 0 Å². The number of hydrogen-bond acceptors (Lipinski definition) is 3. The number of nitrogens with one attached hydrogen (secondary N) is 1. The Hall–Kier alpha value is -1.10. The van der Waals surface area contributed by atoms with Crippen LogP contribution in [0.4, 0.5) is 8.78 Å². The van der Waals surface area contributed by atoms with Gasteiger partial charge >= 0.3 is 0 Å². The highest BCUT2D eigenvalue weighted by atomic mass is 32.2. The number of rotatable bonds is 2. The van der Waals surface area contributed by atoms with Crippen LogP contribution in [0.15, 0.2) is 23.2 Å². The van der Waals surface area contributed by atoms with Gasteiger partial charge in [0.1, 0.15) is 11.6 Å². The topological polar surface area (TPSA) is 24.4 Å². The lowest BCUT2D eigenvalue weighted by Crippen LogP contribution is -2.26. The van der Waals surface area contributed by atoms with Crippen LogP contribution >= 0.6 is 11.8 Å². The van der Waals surface area contributed by atoms with E-state index in [0.29, 0.717) is 11.5 Å². The first kappa shape index (κ1) is 12.4. The molecular weight excluding hydrogens is 242 g/mol. The van der Waals surface area contributed by atoms with Crippen molar-refractivity contribution in [1.82, 2.24) is 5.32 Å². The molecule has 1 aliphatic rings. The molecule has 0 saturated carbocycles. The average Bonchev–Trinajstić information content (AvgIpc) is 2.32. The molecule has 1 heterocycles. The van der Waals surface area contributed by atoms with Gasteiger partial charge in [-0.3, -0.25) is 4.99 Å². The summed E-state index contributed by atoms with van der Waals surface area (Å²) in [6.07, 6.45) is 0. The van der Waals surface area contributed by atoms with E-state index < -0.39 is 11.6 Å². The first-order valence-electron chi connectivity index (χ1n) is 5.50. The summed E-state index contributed by atoms with van der Waals surface area (Å²) in [5.74, 6) is 0.775. The summed E-state index contributed by atoms with van der Waals surface area (Å²) in [5.41, 5.74) is 0.326. The molecule has 0 amide bonds. The Bertz CT molecular complexity index is 435. The molecule has 1 aromatic rings. The fourth-order valence-electron chi connectivity index (χ4n) is 1.51. The maximum atomic E-state index is 13.3. The normalized spacial score (nSPS) is 19.9. The Labute approximate surface area is 104 Å². The van der Waals surface area contributed by atoms with E-state index in [1.807, 2.05) is 0 Å². The van der Waals surface area contributed by atoms with Gasteiger partial charge in [0, 0.05) is 24.4 Å². The van der Waals surface area contributed by atoms with Crippen molar-refractivity contribution in [2.24, 2.45) is 10.9 Å². The Kier molecular flexibility index (Phi) is 3.99. The molecule has 2 rings (SSSR count). The number of benzene rings is 1. The maximum Gasteiger partial charge on any atom is 0.156 e. The molecule has 5 heteroatoms. The van der Waals surface area contributed by atoms with E-state index in [0.717, 1.165) is 29.6 Å². The number of hydrogen-bond donors (Lipinski definition) is 1. The van der Waals surface area contributed by atoms with E-state index in [4.69, 9.17) is 0 Å². The fourth-order valence-corrected chi connectivity index (χ4v) is 2.40. The number of amidine groups is 1. The second-order valence-corrected chi connectivity index (χ2v) is 5.16. The predicted molar refractivity (Wildman–Crippen MR) is 67.1 cm³/mol. The molecule has 0 spiro atoms. The highest BCUT2D eigenvalue weighted by Gasteiger charge is 2.12. The van der Waals surface area contributed by atoms with Crippen LogP contribution in [0.5, 0.6) is 0 Å². The van der Waals surface area contributed by atoms with Crippen molar-refractivity contribution in [3.63, 3.8) is 0 Å². The summed E-state index contributed by atoms with van der Waals surface area (Å²) < 4.78 is 26.3. The lowest BCUT2D eigenvalue weighted by Gasteiger charge is -2.18. The minimum Gasteiger partial charge on any atom is -0.361 e. The summed E-state index contributed by atoms with van der Waals surface area (Å²) >= 11 is 1.62. The van der Waals surface area contributed by atoms with Crippen molar-refractivity contribution in [2.75, 3.05) is 12.3 Å². The van der Waals surface area contributed by atoms with Gasteiger partial charge < -0.3 is 5.32 Å². The van der Waals surface area contributed by atoms with Gasteiger partial charge in [0.05, 0.1) is 0 Å². The summed E-state index contributed by atoms with van der Waals surface area (Å²) in [4.78, 5) is 4.33. The lowest BCUT2D eigenvalue weighted by molar-refractivity contribution is 0.582. The van der Waals surface area contributed by atoms with Crippen LogP contribution in [0.3, 0.4) is 0 Å². The van der Waals surface area contributed by atoms with E-state index in [1.54, 1.807) is 11.8 Å². The summed E-state index contributed by atoms with van der Waals surface area (Å²) in [7, 11) is 0. The van der Waals surface area contributed by atoms with Gasteiger partial charge in [0.15, 0.2) is 5.17 Å². The molecule has 0 fully saturated rings. The van der Waals surface area contributed by atoms with Crippen LogP contribution in [-0.2, 0) is 6.54 Å². The highest BCUT2D eigenvalue weighted by molar-refractivity contribution is 8.13. The zero-order chi connectivity index (χ0) is 12.3. The molecule has 1 aliphatic heterocycles. The van der Waals surface area contributed by atoms with Crippen LogP contribution in [0.2, 0.25) is 0 Å². The average molecular weight is 256 g/mol. The third-order valence-electron chi connectivity index (χ3n) is 2.49. The highest BCUT2D eigenvalue weighted by Crippen LogP contribution is 2.16. The molecule has 92 valence electrons. The zero-order valence-electron chi connectivity index (χ0n) is 9.54. The van der Waals surface area contributed by atoms with Gasteiger partial charge in [-0.15, -0.1) is 0 Å². The first-order valence-corrected chi connectivity index (χ1v) is 6.49. The van der Waals surface area contributed by atoms with E-state index in [-0.39, 0.29) is 6.54 Å². The monoisotopic (exact) mass is 256 g/mol. The van der Waals surface area contributed by atoms with E-state index >= 15 is 0 Å². The SMILES string of the molecule is CC1CN=C(NCc2cc(F)ccc2F)SC1. The molecule has 17 heavy (non-hydrogen) atoms. The quantitative estimate of drug-likeness (QED) is 0.880. The molecule has 0 aliphatic carbocycles. The largest absolute Gasteiger partial charge is 0.361 e. The fraction of sp³-hybridized carbons (Fsp3) is 0.417. The molecule has 0 aromatic heterocycles. The Morgan fingerprint density at radius 2 is 2.29 bits per heavy atom. The van der Waals surface area contributed by atoms with Crippen molar-refractivity contribution in [3.8, 4) is 0 Å². The number of nitrogens with zero attached hydrogens (tertiary/aromatic N) is 1. The van der Waals surface area contributed by atoms with E-state index in [1.165, 1.54) is 6.07 Å². The van der Waals surface area contributed by atoms with E-state index in [2.05, 4.69) is 17.2 Å². The van der Waals surface area contributed by atoms with Crippen molar-refractivity contribution in [3.05, 3.63) is 35.4 Å². The van der Waals surface area contributed by atoms with Crippen LogP contribution in [0, 0.1) is 17.6 Å². The van der Waals surface area contributed by atoms with Gasteiger partial charge in [0.25, 0.3) is 0 Å². The number of thioether (sulfide) groups is 1. The first-order chi connectivity index (χ1) is 8.15. The summed E-state index contributed by atoms with van der Waals surface area (Å²) in [6.45, 7) is 3.20. The Balaban J connectivity index is 1.96. The van der Waals surface area contributed by atoms with Crippen molar-refractivity contribution in [2.45, 2.75) is 13.5 Å². The molecule has 1 unspecified atom stereocenters. The minimum atomic E-state index is -0.421. The third kappa shape index (κ3) is 3.43. The molecule has 0 radical (unpaired) electrons. The van der Waals surface area contributed by atoms with Gasteiger partial charge in [-0.05, 0) is 24.1 Å². The van der Waals surface area contributed by atoms with Crippen molar-refractivity contribution >= 4 is 16.9 Å². The van der Waals surface area contributed by atoms with Crippen molar-refractivity contribution in [1.29, 1.82) is 0 Å². The summed E-state index contributed by atoms with van der Waals surface area (Å²) in [6, 6.07) is 3.47. The van der Waals surface area contributed by atoms with Gasteiger partial charge in [-0.1, -0.05) is 18.7 Å². The standard InChI is InChI=1S/C12H14F2N2S/c1-8-5-15-12(17-7-8)16-6-9-4-10(13)2-3-11(9)14/h2-4,8H,5-7H2,1H3,(H,15,16). The lowest BCUT2D eigenvalue weighted by atomic mass is 10.2. The Morgan fingerprint density at radius 3 is 3.00 bits per heavy atom. The zero-order valence-corrected chi connectivity index (χ0v) is 10.4. The molecule has 0 saturated heterocycles. The predicted octanol–water partition coefficient (Wildman–Crippen LogP) is 2.79. The Morgan fingerprint density at radius 1 is 1.47 bits per heavy atom. The molecular formula is C12H14F2N2S. The number of aliphatic imine (C=N–C) groups is 1. The molecule has 0 bridgehead atoms. The summed E-state index contributed by atoms with van der Waals surface area (Å²) in [5, 5.41) is 3.84. The van der Waals surface area contributed by atoms with Crippen molar-refractivity contribution < 1.29 is 8.78 Å². The smallest absolute Gasteiger partial charge is 0.156 e. The van der Waals surface area contributed by atoms with E-state index in [9.17, 15) is 8.78 Å². The second-order valence-electron chi connectivity index (χ2n) is 4.15. The molecule has 1 atom stereocenters. The van der Waals surface area contributed by atoms with Crippen LogP contribution in [0.25, 0.3) is 0 Å². The van der Waals surface area contributed by atoms with Crippen LogP contribution < -0.4 is 5.32 Å². The van der Waals surface area contributed by atoms with Crippen LogP contribution in [0.1, 0.15) is 12.5 Å². The maximum absolute atomic E-state index is 13.3. The molecule has 1 N–H and O–H groups in total. The van der Waals surface area contributed by atoms with Gasteiger partial charge in [0.2, 0.25) is 0 Å².